The van der Waals surface area contributed by atoms with E-state index < -0.39 is 0 Å². The third kappa shape index (κ3) is 3.86. The molecule has 1 aromatic carbocycles. The smallest absolute Gasteiger partial charge is 0.273 e. The zero-order chi connectivity index (χ0) is 18.8. The van der Waals surface area contributed by atoms with Crippen LogP contribution in [0.4, 0.5) is 5.69 Å². The molecule has 1 aliphatic heterocycles. The number of anilines is 1. The van der Waals surface area contributed by atoms with Gasteiger partial charge in [-0.15, -0.1) is 0 Å². The molecule has 0 unspecified atom stereocenters. The minimum absolute atomic E-state index is 0.230. The Morgan fingerprint density at radius 2 is 1.96 bits per heavy atom. The minimum Gasteiger partial charge on any atom is -0.380 e. The molecule has 140 valence electrons. The molecule has 0 aliphatic carbocycles. The monoisotopic (exact) mass is 385 g/mol. The molecule has 0 saturated carbocycles. The predicted molar refractivity (Wildman–Crippen MR) is 104 cm³/mol. The van der Waals surface area contributed by atoms with Gasteiger partial charge in [-0.25, -0.2) is 4.98 Å². The Bertz CT molecular complexity index is 960. The molecule has 1 fully saturated rings. The number of nitrogens with one attached hydrogen (secondary N) is 2. The van der Waals surface area contributed by atoms with Crippen LogP contribution >= 0.6 is 11.6 Å². The van der Waals surface area contributed by atoms with E-state index in [9.17, 15) is 4.79 Å². The highest BCUT2D eigenvalue weighted by atomic mass is 35.5. The largest absolute Gasteiger partial charge is 0.380 e. The lowest BCUT2D eigenvalue weighted by atomic mass is 10.1. The number of hydrogen-bond acceptors (Lipinski definition) is 6. The van der Waals surface area contributed by atoms with Gasteiger partial charge in [0.15, 0.2) is 5.69 Å². The highest BCUT2D eigenvalue weighted by Gasteiger charge is 2.21. The number of likely N-dealkylation sites (tertiary alicyclic amines) is 1. The Kier molecular flexibility index (Phi) is 4.91. The van der Waals surface area contributed by atoms with Crippen molar-refractivity contribution in [2.45, 2.75) is 18.9 Å². The average molecular weight is 386 g/mol. The van der Waals surface area contributed by atoms with E-state index in [0.717, 1.165) is 25.9 Å². The van der Waals surface area contributed by atoms with Crippen molar-refractivity contribution in [2.24, 2.45) is 0 Å². The van der Waals surface area contributed by atoms with Crippen LogP contribution in [0.15, 0.2) is 41.5 Å². The number of hydrogen-bond donors (Lipinski definition) is 2. The first-order valence-electron chi connectivity index (χ1n) is 8.82. The molecule has 0 spiro atoms. The standard InChI is InChI=1S/C18H20ClN7O/c1-25-8-6-13(7-9-25)22-15-10-16(27)26(14-4-2-12(19)3-5-14)24-17(15)18-20-11-21-23-18/h2-5,10-11,13,22H,6-9H2,1H3,(H,20,21,23). The summed E-state index contributed by atoms with van der Waals surface area (Å²) in [6.07, 6.45) is 3.50. The summed E-state index contributed by atoms with van der Waals surface area (Å²) in [6, 6.07) is 8.80. The van der Waals surface area contributed by atoms with E-state index in [1.165, 1.54) is 11.0 Å². The topological polar surface area (TPSA) is 91.7 Å². The summed E-state index contributed by atoms with van der Waals surface area (Å²) < 4.78 is 1.34. The molecule has 4 rings (SSSR count). The van der Waals surface area contributed by atoms with Crippen molar-refractivity contribution in [1.29, 1.82) is 0 Å². The molecule has 3 aromatic rings. The second-order valence-corrected chi connectivity index (χ2v) is 7.11. The van der Waals surface area contributed by atoms with Crippen molar-refractivity contribution in [2.75, 3.05) is 25.5 Å². The first kappa shape index (κ1) is 17.7. The molecule has 1 aliphatic rings. The van der Waals surface area contributed by atoms with Crippen molar-refractivity contribution >= 4 is 17.3 Å². The second kappa shape index (κ2) is 7.50. The van der Waals surface area contributed by atoms with Crippen LogP contribution in [0.2, 0.25) is 5.02 Å². The summed E-state index contributed by atoms with van der Waals surface area (Å²) in [5, 5.41) is 15.5. The number of rotatable bonds is 4. The fraction of sp³-hybridized carbons (Fsp3) is 0.333. The predicted octanol–water partition coefficient (Wildman–Crippen LogP) is 2.18. The normalized spacial score (nSPS) is 15.8. The van der Waals surface area contributed by atoms with Crippen LogP contribution < -0.4 is 10.9 Å². The zero-order valence-electron chi connectivity index (χ0n) is 14.9. The van der Waals surface area contributed by atoms with Crippen LogP contribution in [0.3, 0.4) is 0 Å². The van der Waals surface area contributed by atoms with E-state index in [0.29, 0.717) is 27.9 Å². The molecule has 0 radical (unpaired) electrons. The Labute approximate surface area is 161 Å². The minimum atomic E-state index is -0.230. The molecule has 9 heteroatoms. The van der Waals surface area contributed by atoms with E-state index in [1.54, 1.807) is 30.3 Å². The average Bonchev–Trinajstić information content (AvgIpc) is 3.19. The van der Waals surface area contributed by atoms with E-state index in [-0.39, 0.29) is 11.6 Å². The van der Waals surface area contributed by atoms with Gasteiger partial charge in [0.2, 0.25) is 5.82 Å². The zero-order valence-corrected chi connectivity index (χ0v) is 15.6. The first-order chi connectivity index (χ1) is 13.1. The van der Waals surface area contributed by atoms with Crippen LogP contribution in [0, 0.1) is 0 Å². The molecule has 3 heterocycles. The lowest BCUT2D eigenvalue weighted by Gasteiger charge is -2.30. The molecular formula is C18H20ClN7O. The third-order valence-corrected chi connectivity index (χ3v) is 4.96. The van der Waals surface area contributed by atoms with Crippen molar-refractivity contribution in [1.82, 2.24) is 29.9 Å². The lowest BCUT2D eigenvalue weighted by molar-refractivity contribution is 0.264. The van der Waals surface area contributed by atoms with Gasteiger partial charge in [0.25, 0.3) is 5.56 Å². The second-order valence-electron chi connectivity index (χ2n) is 6.68. The van der Waals surface area contributed by atoms with Crippen LogP contribution in [0.1, 0.15) is 12.8 Å². The van der Waals surface area contributed by atoms with E-state index in [1.807, 2.05) is 0 Å². The van der Waals surface area contributed by atoms with Gasteiger partial charge >= 0.3 is 0 Å². The number of piperidine rings is 1. The number of aromatic nitrogens is 5. The maximum absolute atomic E-state index is 12.7. The summed E-state index contributed by atoms with van der Waals surface area (Å²) in [7, 11) is 2.12. The Balaban J connectivity index is 1.73. The van der Waals surface area contributed by atoms with Crippen LogP contribution in [-0.2, 0) is 0 Å². The van der Waals surface area contributed by atoms with Gasteiger partial charge < -0.3 is 10.2 Å². The summed E-state index contributed by atoms with van der Waals surface area (Å²) in [5.74, 6) is 0.438. The van der Waals surface area contributed by atoms with Crippen molar-refractivity contribution in [3.63, 3.8) is 0 Å². The van der Waals surface area contributed by atoms with Gasteiger partial charge in [-0.05, 0) is 57.2 Å². The molecule has 2 N–H and O–H groups in total. The SMILES string of the molecule is CN1CCC(Nc2cc(=O)n(-c3ccc(Cl)cc3)nc2-c2nc[nH]n2)CC1. The van der Waals surface area contributed by atoms with Crippen molar-refractivity contribution in [3.8, 4) is 17.2 Å². The number of benzene rings is 1. The van der Waals surface area contributed by atoms with Crippen LogP contribution in [-0.4, -0.2) is 56.0 Å². The molecule has 0 bridgehead atoms. The van der Waals surface area contributed by atoms with Crippen LogP contribution in [0.5, 0.6) is 0 Å². The summed E-state index contributed by atoms with van der Waals surface area (Å²) in [6.45, 7) is 2.03. The Morgan fingerprint density at radius 3 is 2.63 bits per heavy atom. The maximum Gasteiger partial charge on any atom is 0.273 e. The fourth-order valence-electron chi connectivity index (χ4n) is 3.19. The fourth-order valence-corrected chi connectivity index (χ4v) is 3.32. The van der Waals surface area contributed by atoms with E-state index in [2.05, 4.69) is 37.5 Å². The summed E-state index contributed by atoms with van der Waals surface area (Å²) >= 11 is 5.95. The number of aromatic amines is 1. The Hall–Kier alpha value is -2.71. The lowest BCUT2D eigenvalue weighted by Crippen LogP contribution is -2.37. The van der Waals surface area contributed by atoms with Crippen molar-refractivity contribution < 1.29 is 0 Å². The molecule has 27 heavy (non-hydrogen) atoms. The summed E-state index contributed by atoms with van der Waals surface area (Å²) in [5.41, 5.74) is 1.59. The molecule has 1 saturated heterocycles. The molecule has 2 aromatic heterocycles. The van der Waals surface area contributed by atoms with E-state index >= 15 is 0 Å². The highest BCUT2D eigenvalue weighted by Crippen LogP contribution is 2.24. The molecule has 8 nitrogen and oxygen atoms in total. The number of halogens is 1. The summed E-state index contributed by atoms with van der Waals surface area (Å²) in [4.78, 5) is 19.2. The van der Waals surface area contributed by atoms with Gasteiger partial charge in [0.1, 0.15) is 6.33 Å². The van der Waals surface area contributed by atoms with Crippen LogP contribution in [0.25, 0.3) is 17.2 Å². The van der Waals surface area contributed by atoms with Gasteiger partial charge in [-0.1, -0.05) is 11.6 Å². The Morgan fingerprint density at radius 1 is 1.22 bits per heavy atom. The number of H-pyrrole nitrogens is 1. The maximum atomic E-state index is 12.7. The van der Waals surface area contributed by atoms with Crippen molar-refractivity contribution in [3.05, 3.63) is 52.0 Å². The highest BCUT2D eigenvalue weighted by molar-refractivity contribution is 6.30. The molecule has 0 amide bonds. The third-order valence-electron chi connectivity index (χ3n) is 4.71. The molecule has 0 atom stereocenters. The van der Waals surface area contributed by atoms with Gasteiger partial charge in [-0.3, -0.25) is 9.89 Å². The van der Waals surface area contributed by atoms with E-state index in [4.69, 9.17) is 11.6 Å². The van der Waals surface area contributed by atoms with Gasteiger partial charge in [0.05, 0.1) is 11.4 Å². The van der Waals surface area contributed by atoms with Gasteiger partial charge in [0, 0.05) is 17.1 Å². The van der Waals surface area contributed by atoms with Gasteiger partial charge in [-0.2, -0.15) is 14.9 Å². The quantitative estimate of drug-likeness (QED) is 0.715. The molecular weight excluding hydrogens is 366 g/mol. The first-order valence-corrected chi connectivity index (χ1v) is 9.19. The number of nitrogens with zero attached hydrogens (tertiary/aromatic N) is 5.